The maximum atomic E-state index is 12.6. The number of hydrogen-bond acceptors (Lipinski definition) is 3. The monoisotopic (exact) mass is 336 g/mol. The third kappa shape index (κ3) is 4.14. The molecule has 1 aromatic rings. The van der Waals surface area contributed by atoms with Gasteiger partial charge in [0.2, 0.25) is 10.0 Å². The number of likely N-dealkylation sites (tertiary alicyclic amines) is 1. The lowest BCUT2D eigenvalue weighted by Crippen LogP contribution is -2.45. The minimum atomic E-state index is -3.41. The molecule has 128 valence electrons. The summed E-state index contributed by atoms with van der Waals surface area (Å²) < 4.78 is 28.0. The van der Waals surface area contributed by atoms with Crippen molar-refractivity contribution in [2.75, 3.05) is 13.1 Å². The molecule has 0 spiro atoms. The van der Waals surface area contributed by atoms with Crippen LogP contribution in [0, 0.1) is 0 Å². The molecule has 1 N–H and O–H groups in total. The van der Waals surface area contributed by atoms with Crippen molar-refractivity contribution >= 4 is 10.0 Å². The summed E-state index contributed by atoms with van der Waals surface area (Å²) in [6.07, 6.45) is 4.46. The molecule has 0 amide bonds. The second kappa shape index (κ2) is 6.19. The Morgan fingerprint density at radius 3 is 2.04 bits per heavy atom. The van der Waals surface area contributed by atoms with Gasteiger partial charge in [0.15, 0.2) is 0 Å². The maximum Gasteiger partial charge on any atom is 0.240 e. The van der Waals surface area contributed by atoms with E-state index in [2.05, 4.69) is 30.4 Å². The summed E-state index contributed by atoms with van der Waals surface area (Å²) in [4.78, 5) is 2.87. The first-order valence-corrected chi connectivity index (χ1v) is 10.1. The lowest BCUT2D eigenvalue weighted by atomic mass is 9.87. The molecular weight excluding hydrogens is 308 g/mol. The Balaban J connectivity index is 1.62. The number of sulfonamides is 1. The zero-order valence-corrected chi connectivity index (χ0v) is 15.2. The van der Waals surface area contributed by atoms with Crippen molar-refractivity contribution in [2.45, 2.75) is 68.8 Å². The lowest BCUT2D eigenvalue weighted by Gasteiger charge is -2.32. The molecule has 1 aliphatic heterocycles. The zero-order chi connectivity index (χ0) is 16.7. The lowest BCUT2D eigenvalue weighted by molar-refractivity contribution is 0.199. The molecule has 0 unspecified atom stereocenters. The van der Waals surface area contributed by atoms with Gasteiger partial charge in [-0.3, -0.25) is 0 Å². The first kappa shape index (κ1) is 16.9. The summed E-state index contributed by atoms with van der Waals surface area (Å²) in [5.41, 5.74) is 1.18. The predicted octanol–water partition coefficient (Wildman–Crippen LogP) is 2.89. The smallest absolute Gasteiger partial charge is 0.240 e. The average molecular weight is 337 g/mol. The second-order valence-corrected chi connectivity index (χ2v) is 9.65. The molecule has 2 fully saturated rings. The molecule has 1 aliphatic carbocycles. The van der Waals surface area contributed by atoms with Crippen molar-refractivity contribution in [2.24, 2.45) is 0 Å². The molecule has 23 heavy (non-hydrogen) atoms. The second-order valence-electron chi connectivity index (χ2n) is 7.94. The van der Waals surface area contributed by atoms with Crippen molar-refractivity contribution in [3.8, 4) is 0 Å². The highest BCUT2D eigenvalue weighted by Gasteiger charge is 2.33. The third-order valence-corrected chi connectivity index (χ3v) is 6.48. The molecule has 1 heterocycles. The Bertz CT molecular complexity index is 635. The van der Waals surface area contributed by atoms with E-state index in [0.717, 1.165) is 37.5 Å². The quantitative estimate of drug-likeness (QED) is 0.920. The Morgan fingerprint density at radius 1 is 1.00 bits per heavy atom. The molecule has 2 aliphatic rings. The first-order chi connectivity index (χ1) is 10.8. The third-order valence-electron chi connectivity index (χ3n) is 4.95. The van der Waals surface area contributed by atoms with E-state index in [1.807, 2.05) is 12.1 Å². The summed E-state index contributed by atoms with van der Waals surface area (Å²) in [6.45, 7) is 8.41. The van der Waals surface area contributed by atoms with Gasteiger partial charge in [-0.25, -0.2) is 13.1 Å². The fourth-order valence-corrected chi connectivity index (χ4v) is 4.55. The minimum absolute atomic E-state index is 0.0331. The van der Waals surface area contributed by atoms with Gasteiger partial charge in [0.05, 0.1) is 4.90 Å². The van der Waals surface area contributed by atoms with Gasteiger partial charge in [0.25, 0.3) is 0 Å². The fraction of sp³-hybridized carbons (Fsp3) is 0.667. The highest BCUT2D eigenvalue weighted by molar-refractivity contribution is 7.89. The van der Waals surface area contributed by atoms with Crippen LogP contribution < -0.4 is 4.72 Å². The van der Waals surface area contributed by atoms with E-state index >= 15 is 0 Å². The minimum Gasteiger partial charge on any atom is -0.300 e. The van der Waals surface area contributed by atoms with Crippen molar-refractivity contribution < 1.29 is 8.42 Å². The highest BCUT2D eigenvalue weighted by atomic mass is 32.2. The molecule has 5 heteroatoms. The van der Waals surface area contributed by atoms with Gasteiger partial charge in [0, 0.05) is 12.1 Å². The number of nitrogens with zero attached hydrogens (tertiary/aromatic N) is 1. The molecule has 0 bridgehead atoms. The zero-order valence-electron chi connectivity index (χ0n) is 14.4. The molecule has 0 aromatic heterocycles. The van der Waals surface area contributed by atoms with E-state index in [1.54, 1.807) is 12.1 Å². The normalized spacial score (nSPS) is 21.5. The summed E-state index contributed by atoms with van der Waals surface area (Å²) in [6, 6.07) is 8.13. The van der Waals surface area contributed by atoms with Crippen LogP contribution in [0.3, 0.4) is 0 Å². The van der Waals surface area contributed by atoms with E-state index in [0.29, 0.717) is 4.90 Å². The van der Waals surface area contributed by atoms with Gasteiger partial charge in [-0.1, -0.05) is 32.9 Å². The van der Waals surface area contributed by atoms with E-state index < -0.39 is 10.0 Å². The molecule has 4 nitrogen and oxygen atoms in total. The Hall–Kier alpha value is -0.910. The fourth-order valence-electron chi connectivity index (χ4n) is 3.24. The number of hydrogen-bond donors (Lipinski definition) is 1. The SMILES string of the molecule is CC(C)(C)c1ccc(S(=O)(=O)NC2CCN(C3CC3)CC2)cc1. The topological polar surface area (TPSA) is 49.4 Å². The van der Waals surface area contributed by atoms with Crippen LogP contribution >= 0.6 is 0 Å². The van der Waals surface area contributed by atoms with E-state index in [1.165, 1.54) is 12.8 Å². The van der Waals surface area contributed by atoms with E-state index in [-0.39, 0.29) is 11.5 Å². The van der Waals surface area contributed by atoms with Crippen LogP contribution in [0.4, 0.5) is 0 Å². The highest BCUT2D eigenvalue weighted by Crippen LogP contribution is 2.29. The molecule has 1 saturated heterocycles. The van der Waals surface area contributed by atoms with Crippen LogP contribution in [-0.2, 0) is 15.4 Å². The molecule has 0 radical (unpaired) electrons. The summed E-state index contributed by atoms with van der Waals surface area (Å²) in [7, 11) is -3.41. The maximum absolute atomic E-state index is 12.6. The van der Waals surface area contributed by atoms with Gasteiger partial charge in [-0.2, -0.15) is 0 Å². The molecular formula is C18H28N2O2S. The van der Waals surface area contributed by atoms with Gasteiger partial charge in [-0.05, 0) is 61.9 Å². The summed E-state index contributed by atoms with van der Waals surface area (Å²) >= 11 is 0. The van der Waals surface area contributed by atoms with Crippen molar-refractivity contribution in [3.63, 3.8) is 0 Å². The van der Waals surface area contributed by atoms with E-state index in [4.69, 9.17) is 0 Å². The summed E-state index contributed by atoms with van der Waals surface area (Å²) in [5.74, 6) is 0. The molecule has 0 atom stereocenters. The average Bonchev–Trinajstić information content (AvgIpc) is 3.32. The van der Waals surface area contributed by atoms with E-state index in [9.17, 15) is 8.42 Å². The van der Waals surface area contributed by atoms with Crippen LogP contribution in [-0.4, -0.2) is 38.5 Å². The number of rotatable bonds is 4. The van der Waals surface area contributed by atoms with Gasteiger partial charge >= 0.3 is 0 Å². The molecule has 1 saturated carbocycles. The van der Waals surface area contributed by atoms with Gasteiger partial charge < -0.3 is 4.90 Å². The Labute approximate surface area is 140 Å². The first-order valence-electron chi connectivity index (χ1n) is 8.63. The number of nitrogens with one attached hydrogen (secondary N) is 1. The number of benzene rings is 1. The van der Waals surface area contributed by atoms with Crippen LogP contribution in [0.5, 0.6) is 0 Å². The van der Waals surface area contributed by atoms with Crippen LogP contribution in [0.25, 0.3) is 0 Å². The predicted molar refractivity (Wildman–Crippen MR) is 93.1 cm³/mol. The Kier molecular flexibility index (Phi) is 4.55. The molecule has 1 aromatic carbocycles. The molecule has 3 rings (SSSR count). The van der Waals surface area contributed by atoms with Crippen LogP contribution in [0.2, 0.25) is 0 Å². The van der Waals surface area contributed by atoms with Crippen molar-refractivity contribution in [1.82, 2.24) is 9.62 Å². The van der Waals surface area contributed by atoms with Crippen LogP contribution in [0.15, 0.2) is 29.2 Å². The summed E-state index contributed by atoms with van der Waals surface area (Å²) in [5, 5.41) is 0. The van der Waals surface area contributed by atoms with Crippen molar-refractivity contribution in [3.05, 3.63) is 29.8 Å². The number of piperidine rings is 1. The largest absolute Gasteiger partial charge is 0.300 e. The van der Waals surface area contributed by atoms with Crippen LogP contribution in [0.1, 0.15) is 52.0 Å². The van der Waals surface area contributed by atoms with Crippen molar-refractivity contribution in [1.29, 1.82) is 0 Å². The van der Waals surface area contributed by atoms with Gasteiger partial charge in [0.1, 0.15) is 0 Å². The Morgan fingerprint density at radius 2 is 1.57 bits per heavy atom. The standard InChI is InChI=1S/C18H28N2O2S/c1-18(2,3)14-4-8-17(9-5-14)23(21,22)19-15-10-12-20(13-11-15)16-6-7-16/h4-5,8-9,15-16,19H,6-7,10-13H2,1-3H3. The van der Waals surface area contributed by atoms with Gasteiger partial charge in [-0.15, -0.1) is 0 Å².